The summed E-state index contributed by atoms with van der Waals surface area (Å²) in [5.74, 6) is -0.979. The molecule has 0 unspecified atom stereocenters. The molecule has 4 heteroatoms. The average molecular weight is 271 g/mol. The van der Waals surface area contributed by atoms with Gasteiger partial charge in [-0.25, -0.2) is 0 Å². The Balaban J connectivity index is 3.78. The Bertz CT molecular complexity index is 264. The van der Waals surface area contributed by atoms with E-state index in [1.807, 2.05) is 13.8 Å². The summed E-state index contributed by atoms with van der Waals surface area (Å²) in [6.45, 7) is 5.71. The number of amides is 1. The number of carbonyl (C=O) groups is 2. The maximum Gasteiger partial charge on any atom is 0.323 e. The molecule has 0 bridgehead atoms. The van der Waals surface area contributed by atoms with Crippen LogP contribution in [0.3, 0.4) is 0 Å². The molecule has 1 N–H and O–H groups in total. The second kappa shape index (κ2) is 10.8. The smallest absolute Gasteiger partial charge is 0.323 e. The van der Waals surface area contributed by atoms with Crippen LogP contribution in [-0.4, -0.2) is 34.5 Å². The number of carbonyl (C=O) groups excluding carboxylic acids is 1. The molecule has 0 atom stereocenters. The average Bonchev–Trinajstić information content (AvgIpc) is 2.34. The van der Waals surface area contributed by atoms with Gasteiger partial charge in [-0.2, -0.15) is 0 Å². The molecule has 0 saturated carbocycles. The molecule has 1 amide bonds. The Morgan fingerprint density at radius 1 is 1.00 bits per heavy atom. The van der Waals surface area contributed by atoms with Gasteiger partial charge in [0.2, 0.25) is 5.91 Å². The van der Waals surface area contributed by atoms with Crippen molar-refractivity contribution in [2.24, 2.45) is 0 Å². The number of nitrogens with zero attached hydrogens (tertiary/aromatic N) is 1. The fourth-order valence-electron chi connectivity index (χ4n) is 2.08. The maximum absolute atomic E-state index is 11.9. The molecular weight excluding hydrogens is 242 g/mol. The van der Waals surface area contributed by atoms with Crippen LogP contribution >= 0.6 is 0 Å². The van der Waals surface area contributed by atoms with Crippen molar-refractivity contribution in [3.63, 3.8) is 0 Å². The first-order valence-electron chi connectivity index (χ1n) is 7.50. The largest absolute Gasteiger partial charge is 0.480 e. The molecule has 0 heterocycles. The Labute approximate surface area is 117 Å². The van der Waals surface area contributed by atoms with Crippen molar-refractivity contribution in [2.45, 2.75) is 78.2 Å². The standard InChI is InChI=1S/C15H29NO3/c1-4-5-6-7-8-9-10-11-14(17)16(13(2)3)12-15(18)19/h13H,4-12H2,1-3H3,(H,18,19). The van der Waals surface area contributed by atoms with Crippen molar-refractivity contribution in [3.8, 4) is 0 Å². The second-order valence-corrected chi connectivity index (χ2v) is 5.38. The fraction of sp³-hybridized carbons (Fsp3) is 0.867. The first-order chi connectivity index (χ1) is 8.99. The summed E-state index contributed by atoms with van der Waals surface area (Å²) in [4.78, 5) is 24.1. The minimum absolute atomic E-state index is 0.0361. The molecule has 0 aromatic carbocycles. The molecule has 0 radical (unpaired) electrons. The Morgan fingerprint density at radius 3 is 2.00 bits per heavy atom. The van der Waals surface area contributed by atoms with Gasteiger partial charge in [0.05, 0.1) is 0 Å². The van der Waals surface area contributed by atoms with E-state index in [2.05, 4.69) is 6.92 Å². The molecule has 0 aliphatic heterocycles. The van der Waals surface area contributed by atoms with E-state index in [4.69, 9.17) is 5.11 Å². The zero-order valence-corrected chi connectivity index (χ0v) is 12.7. The predicted octanol–water partition coefficient (Wildman–Crippen LogP) is 3.45. The Hall–Kier alpha value is -1.06. The maximum atomic E-state index is 11.9. The van der Waals surface area contributed by atoms with Gasteiger partial charge in [-0.15, -0.1) is 0 Å². The summed E-state index contributed by atoms with van der Waals surface area (Å²) in [7, 11) is 0. The van der Waals surface area contributed by atoms with E-state index in [1.54, 1.807) is 0 Å². The molecule has 0 fully saturated rings. The highest BCUT2D eigenvalue weighted by Crippen LogP contribution is 2.10. The van der Waals surface area contributed by atoms with Gasteiger partial charge in [-0.05, 0) is 20.3 Å². The van der Waals surface area contributed by atoms with Crippen LogP contribution in [0.1, 0.15) is 72.1 Å². The zero-order chi connectivity index (χ0) is 14.7. The summed E-state index contributed by atoms with van der Waals surface area (Å²) < 4.78 is 0. The molecule has 0 saturated heterocycles. The highest BCUT2D eigenvalue weighted by Gasteiger charge is 2.18. The summed E-state index contributed by atoms with van der Waals surface area (Å²) in [5, 5.41) is 8.78. The van der Waals surface area contributed by atoms with Crippen LogP contribution in [0.25, 0.3) is 0 Å². The first-order valence-corrected chi connectivity index (χ1v) is 7.50. The third kappa shape index (κ3) is 9.51. The normalized spacial score (nSPS) is 10.7. The van der Waals surface area contributed by atoms with Crippen molar-refractivity contribution >= 4 is 11.9 Å². The quantitative estimate of drug-likeness (QED) is 0.586. The van der Waals surface area contributed by atoms with Crippen molar-refractivity contribution in [1.29, 1.82) is 0 Å². The summed E-state index contributed by atoms with van der Waals surface area (Å²) >= 11 is 0. The lowest BCUT2D eigenvalue weighted by Gasteiger charge is -2.24. The van der Waals surface area contributed by atoms with Gasteiger partial charge >= 0.3 is 5.97 Å². The van der Waals surface area contributed by atoms with Crippen LogP contribution in [0.4, 0.5) is 0 Å². The van der Waals surface area contributed by atoms with Gasteiger partial charge in [0.15, 0.2) is 0 Å². The summed E-state index contributed by atoms with van der Waals surface area (Å²) in [6, 6.07) is -0.0480. The monoisotopic (exact) mass is 271 g/mol. The van der Waals surface area contributed by atoms with Gasteiger partial charge in [0, 0.05) is 12.5 Å². The molecule has 19 heavy (non-hydrogen) atoms. The van der Waals surface area contributed by atoms with Crippen LogP contribution in [0.2, 0.25) is 0 Å². The molecule has 0 aliphatic carbocycles. The second-order valence-electron chi connectivity index (χ2n) is 5.38. The van der Waals surface area contributed by atoms with Crippen LogP contribution in [0.15, 0.2) is 0 Å². The number of unbranched alkanes of at least 4 members (excludes halogenated alkanes) is 6. The lowest BCUT2D eigenvalue weighted by atomic mass is 10.1. The molecule has 0 aromatic heterocycles. The van der Waals surface area contributed by atoms with E-state index in [0.29, 0.717) is 6.42 Å². The lowest BCUT2D eigenvalue weighted by Crippen LogP contribution is -2.40. The minimum atomic E-state index is -0.943. The SMILES string of the molecule is CCCCCCCCCC(=O)N(CC(=O)O)C(C)C. The van der Waals surface area contributed by atoms with Crippen molar-refractivity contribution in [3.05, 3.63) is 0 Å². The van der Waals surface area contributed by atoms with Crippen LogP contribution < -0.4 is 0 Å². The molecule has 112 valence electrons. The molecule has 4 nitrogen and oxygen atoms in total. The fourth-order valence-corrected chi connectivity index (χ4v) is 2.08. The topological polar surface area (TPSA) is 57.6 Å². The predicted molar refractivity (Wildman–Crippen MR) is 77.1 cm³/mol. The number of hydrogen-bond acceptors (Lipinski definition) is 2. The number of hydrogen-bond donors (Lipinski definition) is 1. The van der Waals surface area contributed by atoms with Crippen molar-refractivity contribution in [2.75, 3.05) is 6.54 Å². The zero-order valence-electron chi connectivity index (χ0n) is 12.7. The Morgan fingerprint density at radius 2 is 1.53 bits per heavy atom. The molecular formula is C15H29NO3. The number of rotatable bonds is 11. The van der Waals surface area contributed by atoms with Crippen molar-refractivity contribution < 1.29 is 14.7 Å². The van der Waals surface area contributed by atoms with E-state index in [9.17, 15) is 9.59 Å². The third-order valence-corrected chi connectivity index (χ3v) is 3.24. The minimum Gasteiger partial charge on any atom is -0.480 e. The van der Waals surface area contributed by atoms with E-state index in [1.165, 1.54) is 37.0 Å². The van der Waals surface area contributed by atoms with Crippen LogP contribution in [0.5, 0.6) is 0 Å². The molecule has 0 aromatic rings. The number of aliphatic carboxylic acids is 1. The van der Waals surface area contributed by atoms with E-state index in [-0.39, 0.29) is 18.5 Å². The first kappa shape index (κ1) is 17.9. The van der Waals surface area contributed by atoms with Gasteiger partial charge in [-0.1, -0.05) is 45.4 Å². The van der Waals surface area contributed by atoms with Crippen molar-refractivity contribution in [1.82, 2.24) is 4.90 Å². The van der Waals surface area contributed by atoms with Gasteiger partial charge in [0.25, 0.3) is 0 Å². The van der Waals surface area contributed by atoms with E-state index >= 15 is 0 Å². The molecule has 0 spiro atoms. The number of carboxylic acid groups (broad SMARTS) is 1. The summed E-state index contributed by atoms with van der Waals surface area (Å²) in [5.41, 5.74) is 0. The van der Waals surface area contributed by atoms with Gasteiger partial charge in [0.1, 0.15) is 6.54 Å². The lowest BCUT2D eigenvalue weighted by molar-refractivity contribution is -0.145. The number of carboxylic acids is 1. The van der Waals surface area contributed by atoms with E-state index in [0.717, 1.165) is 12.8 Å². The highest BCUT2D eigenvalue weighted by molar-refractivity contribution is 5.81. The van der Waals surface area contributed by atoms with E-state index < -0.39 is 5.97 Å². The van der Waals surface area contributed by atoms with Crippen LogP contribution in [-0.2, 0) is 9.59 Å². The van der Waals surface area contributed by atoms with Crippen LogP contribution in [0, 0.1) is 0 Å². The summed E-state index contributed by atoms with van der Waals surface area (Å²) in [6.07, 6.45) is 8.64. The third-order valence-electron chi connectivity index (χ3n) is 3.24. The van der Waals surface area contributed by atoms with Gasteiger partial charge in [-0.3, -0.25) is 9.59 Å². The molecule has 0 rings (SSSR count). The van der Waals surface area contributed by atoms with Gasteiger partial charge < -0.3 is 10.0 Å². The Kier molecular flexibility index (Phi) is 10.2. The highest BCUT2D eigenvalue weighted by atomic mass is 16.4. The molecule has 0 aliphatic rings.